The van der Waals surface area contributed by atoms with Crippen LogP contribution in [0.2, 0.25) is 0 Å². The minimum atomic E-state index is -3.08. The van der Waals surface area contributed by atoms with Gasteiger partial charge in [0.15, 0.2) is 11.4 Å². The number of ketones is 3. The number of ether oxygens (including phenoxy) is 1. The van der Waals surface area contributed by atoms with Crippen molar-refractivity contribution in [3.05, 3.63) is 45.7 Å². The molecule has 12 heteroatoms. The summed E-state index contributed by atoms with van der Waals surface area (Å²) in [7, 11) is 2.82. The molecule has 1 aromatic rings. The number of phenols is 1. The molecule has 0 aliphatic heterocycles. The average molecular weight is 571 g/mol. The summed E-state index contributed by atoms with van der Waals surface area (Å²) in [4.78, 5) is 66.0. The van der Waals surface area contributed by atoms with E-state index in [1.165, 1.54) is 19.0 Å². The second-order valence-corrected chi connectivity index (χ2v) is 12.2. The van der Waals surface area contributed by atoms with Crippen LogP contribution in [0.4, 0.5) is 0 Å². The molecule has 0 bridgehead atoms. The lowest BCUT2D eigenvalue weighted by Gasteiger charge is -2.54. The number of likely N-dealkylation sites (N-methyl/N-ethyl adjacent to an activating group) is 1. The van der Waals surface area contributed by atoms with Crippen molar-refractivity contribution in [3.63, 3.8) is 0 Å². The Hall–Kier alpha value is -4.03. The van der Waals surface area contributed by atoms with Gasteiger partial charge in [0.2, 0.25) is 11.6 Å². The number of Topliss-reactive ketones (excluding diaryl/α,β-unsaturated/α-hetero) is 3. The maximum Gasteiger partial charge on any atom is 0.374 e. The number of phenolic OH excluding ortho intramolecular Hbond substituents is 1. The molecule has 41 heavy (non-hydrogen) atoms. The number of aromatic hydroxyl groups is 1. The van der Waals surface area contributed by atoms with Gasteiger partial charge in [0.25, 0.3) is 5.91 Å². The fraction of sp³-hybridized carbons (Fsp3) is 0.483. The molecule has 5 unspecified atom stereocenters. The molecule has 0 heterocycles. The summed E-state index contributed by atoms with van der Waals surface area (Å²) in [6, 6.07) is 1.79. The van der Waals surface area contributed by atoms with Crippen LogP contribution in [0.25, 0.3) is 5.76 Å². The molecular formula is C29H34N2O10. The Kier molecular flexibility index (Phi) is 6.95. The first-order chi connectivity index (χ1) is 18.8. The van der Waals surface area contributed by atoms with Gasteiger partial charge in [-0.1, -0.05) is 39.8 Å². The van der Waals surface area contributed by atoms with Crippen molar-refractivity contribution in [2.24, 2.45) is 17.6 Å². The zero-order valence-electron chi connectivity index (χ0n) is 23.8. The van der Waals surface area contributed by atoms with Crippen LogP contribution in [-0.4, -0.2) is 86.4 Å². The number of nitrogens with zero attached hydrogens (tertiary/aromatic N) is 1. The third kappa shape index (κ3) is 4.07. The fourth-order valence-electron chi connectivity index (χ4n) is 6.54. The molecule has 0 saturated heterocycles. The number of carbonyl (C=O) groups is 5. The van der Waals surface area contributed by atoms with Crippen LogP contribution in [0.15, 0.2) is 29.0 Å². The number of benzene rings is 1. The highest BCUT2D eigenvalue weighted by molar-refractivity contribution is 6.32. The Morgan fingerprint density at radius 1 is 1.07 bits per heavy atom. The molecule has 3 aliphatic carbocycles. The lowest BCUT2D eigenvalue weighted by Crippen LogP contribution is -2.71. The van der Waals surface area contributed by atoms with E-state index in [9.17, 15) is 44.4 Å². The van der Waals surface area contributed by atoms with Crippen molar-refractivity contribution in [1.82, 2.24) is 4.90 Å². The highest BCUT2D eigenvalue weighted by atomic mass is 16.6. The molecule has 1 amide bonds. The third-order valence-electron chi connectivity index (χ3n) is 8.44. The van der Waals surface area contributed by atoms with Gasteiger partial charge < -0.3 is 30.9 Å². The molecule has 3 aliphatic rings. The molecule has 1 fully saturated rings. The van der Waals surface area contributed by atoms with E-state index in [-0.39, 0.29) is 11.3 Å². The molecule has 6 atom stereocenters. The Balaban J connectivity index is 2.14. The van der Waals surface area contributed by atoms with Crippen molar-refractivity contribution in [2.45, 2.75) is 63.7 Å². The average Bonchev–Trinajstić information content (AvgIpc) is 2.84. The van der Waals surface area contributed by atoms with E-state index in [2.05, 4.69) is 0 Å². The second kappa shape index (κ2) is 9.52. The number of aliphatic hydroxyl groups excluding tert-OH is 2. The number of fused-ring (bicyclic) bond motifs is 3. The van der Waals surface area contributed by atoms with Gasteiger partial charge in [-0.05, 0) is 31.0 Å². The van der Waals surface area contributed by atoms with Crippen LogP contribution in [0.5, 0.6) is 5.75 Å². The third-order valence-corrected chi connectivity index (χ3v) is 8.44. The zero-order chi connectivity index (χ0) is 31.1. The molecule has 220 valence electrons. The van der Waals surface area contributed by atoms with E-state index in [0.717, 1.165) is 6.92 Å². The van der Waals surface area contributed by atoms with Crippen molar-refractivity contribution < 1.29 is 49.1 Å². The Bertz CT molecular complexity index is 1480. The van der Waals surface area contributed by atoms with Crippen molar-refractivity contribution in [3.8, 4) is 5.75 Å². The van der Waals surface area contributed by atoms with Gasteiger partial charge in [0.1, 0.15) is 28.9 Å². The standard InChI is InChI=1S/C29H34N2O10/c1-10-12-8-9-13(28(3,4)5)20(33)15(12)21(34)16-14(10)23(41-27(39)11(2)32)18-19(31(6)7)22(35)17(26(30)38)25(37)29(18,40)24(16)36/h8-10,14,18-19,23,33-34,37,40H,1-7H3,(H2,30,38)/t10?,14?,18?,19-,23?,29?/m0/s1. The van der Waals surface area contributed by atoms with Crippen molar-refractivity contribution >= 4 is 35.0 Å². The molecular weight excluding hydrogens is 536 g/mol. The number of hydrogen-bond acceptors (Lipinski definition) is 11. The van der Waals surface area contributed by atoms with Crippen LogP contribution in [0.3, 0.4) is 0 Å². The first-order valence-electron chi connectivity index (χ1n) is 13.0. The molecule has 0 spiro atoms. The lowest BCUT2D eigenvalue weighted by atomic mass is 9.54. The predicted octanol–water partition coefficient (Wildman–Crippen LogP) is 0.933. The molecule has 6 N–H and O–H groups in total. The molecule has 4 rings (SSSR count). The molecule has 1 aromatic carbocycles. The Morgan fingerprint density at radius 2 is 1.66 bits per heavy atom. The van der Waals surface area contributed by atoms with Gasteiger partial charge in [-0.15, -0.1) is 0 Å². The summed E-state index contributed by atoms with van der Waals surface area (Å²) >= 11 is 0. The number of esters is 1. The maximum absolute atomic E-state index is 14.3. The summed E-state index contributed by atoms with van der Waals surface area (Å²) in [6.45, 7) is 8.08. The van der Waals surface area contributed by atoms with Crippen LogP contribution < -0.4 is 5.73 Å². The summed E-state index contributed by atoms with van der Waals surface area (Å²) in [5.74, 6) is -12.2. The van der Waals surface area contributed by atoms with E-state index in [0.29, 0.717) is 11.1 Å². The zero-order valence-corrected chi connectivity index (χ0v) is 23.8. The van der Waals surface area contributed by atoms with Crippen LogP contribution in [0, 0.1) is 11.8 Å². The fourth-order valence-corrected chi connectivity index (χ4v) is 6.54. The van der Waals surface area contributed by atoms with E-state index >= 15 is 0 Å². The normalized spacial score (nSPS) is 29.6. The second-order valence-electron chi connectivity index (χ2n) is 12.2. The number of hydrogen-bond donors (Lipinski definition) is 5. The predicted molar refractivity (Wildman–Crippen MR) is 144 cm³/mol. The van der Waals surface area contributed by atoms with Crippen molar-refractivity contribution in [1.29, 1.82) is 0 Å². The van der Waals surface area contributed by atoms with E-state index in [1.807, 2.05) is 20.8 Å². The van der Waals surface area contributed by atoms with Crippen LogP contribution in [-0.2, 0) is 34.1 Å². The minimum Gasteiger partial charge on any atom is -0.508 e. The van der Waals surface area contributed by atoms with Crippen LogP contribution >= 0.6 is 0 Å². The van der Waals surface area contributed by atoms with Gasteiger partial charge in [-0.3, -0.25) is 24.1 Å². The Morgan fingerprint density at radius 3 is 2.15 bits per heavy atom. The van der Waals surface area contributed by atoms with Gasteiger partial charge in [-0.25, -0.2) is 4.79 Å². The first-order valence-corrected chi connectivity index (χ1v) is 13.0. The molecule has 0 aromatic heterocycles. The topological polar surface area (TPSA) is 205 Å². The molecule has 0 radical (unpaired) electrons. The summed E-state index contributed by atoms with van der Waals surface area (Å²) in [5.41, 5.74) is 0.926. The van der Waals surface area contributed by atoms with E-state index in [1.54, 1.807) is 19.1 Å². The van der Waals surface area contributed by atoms with Gasteiger partial charge in [-0.2, -0.15) is 0 Å². The number of carbonyl (C=O) groups excluding carboxylic acids is 5. The van der Waals surface area contributed by atoms with Crippen LogP contribution in [0.1, 0.15) is 57.2 Å². The quantitative estimate of drug-likeness (QED) is 0.196. The highest BCUT2D eigenvalue weighted by Crippen LogP contribution is 2.57. The maximum atomic E-state index is 14.3. The summed E-state index contributed by atoms with van der Waals surface area (Å²) in [5, 5.41) is 46.0. The van der Waals surface area contributed by atoms with Gasteiger partial charge in [0, 0.05) is 24.0 Å². The number of nitrogens with two attached hydrogens (primary N) is 1. The molecule has 12 nitrogen and oxygen atoms in total. The van der Waals surface area contributed by atoms with E-state index < -0.39 is 92.8 Å². The van der Waals surface area contributed by atoms with Gasteiger partial charge in [0.05, 0.1) is 17.5 Å². The molecule has 1 saturated carbocycles. The van der Waals surface area contributed by atoms with E-state index in [4.69, 9.17) is 10.5 Å². The number of rotatable bonds is 4. The SMILES string of the molecule is CC(=O)C(=O)OC1C2C(=C(O)c3c(ccc(C(C)(C)C)c3O)C2C)C(=O)C2(O)C(O)=C(C(N)=O)C(=O)[C@@H](N(C)C)C12. The Labute approximate surface area is 236 Å². The highest BCUT2D eigenvalue weighted by Gasteiger charge is 2.69. The van der Waals surface area contributed by atoms with Gasteiger partial charge >= 0.3 is 5.97 Å². The smallest absolute Gasteiger partial charge is 0.374 e. The number of amides is 1. The summed E-state index contributed by atoms with van der Waals surface area (Å²) in [6.07, 6.45) is -1.65. The van der Waals surface area contributed by atoms with Crippen molar-refractivity contribution in [2.75, 3.05) is 14.1 Å². The largest absolute Gasteiger partial charge is 0.508 e. The minimum absolute atomic E-state index is 0.0853. The lowest BCUT2D eigenvalue weighted by molar-refractivity contribution is -0.186. The number of aliphatic hydroxyl groups is 3. The summed E-state index contributed by atoms with van der Waals surface area (Å²) < 4.78 is 5.58. The number of primary amides is 1. The first kappa shape index (κ1) is 29.9. The monoisotopic (exact) mass is 570 g/mol.